The van der Waals surface area contributed by atoms with E-state index in [1.54, 1.807) is 7.05 Å². The molecule has 0 aliphatic carbocycles. The SMILES string of the molecule is CN=C(NCc1ccc2c(c1)OCCCO2)NCC(C)(C)SC.I. The van der Waals surface area contributed by atoms with Gasteiger partial charge in [-0.15, -0.1) is 24.0 Å². The Morgan fingerprint density at radius 1 is 1.21 bits per heavy atom. The first kappa shape index (κ1) is 21.2. The molecule has 7 heteroatoms. The molecule has 0 amide bonds. The van der Waals surface area contributed by atoms with E-state index >= 15 is 0 Å². The van der Waals surface area contributed by atoms with Crippen molar-refractivity contribution in [1.29, 1.82) is 0 Å². The number of nitrogens with zero attached hydrogens (tertiary/aromatic N) is 1. The third-order valence-corrected chi connectivity index (χ3v) is 4.98. The average Bonchev–Trinajstić information content (AvgIpc) is 2.79. The van der Waals surface area contributed by atoms with Gasteiger partial charge in [-0.3, -0.25) is 4.99 Å². The van der Waals surface area contributed by atoms with E-state index in [4.69, 9.17) is 9.47 Å². The molecule has 1 aliphatic rings. The van der Waals surface area contributed by atoms with E-state index in [1.165, 1.54) is 0 Å². The van der Waals surface area contributed by atoms with Crippen LogP contribution in [-0.2, 0) is 6.54 Å². The van der Waals surface area contributed by atoms with Gasteiger partial charge in [-0.1, -0.05) is 6.07 Å². The first-order chi connectivity index (χ1) is 11.0. The van der Waals surface area contributed by atoms with Crippen LogP contribution in [0.1, 0.15) is 25.8 Å². The normalized spacial score (nSPS) is 14.4. The minimum Gasteiger partial charge on any atom is -0.490 e. The van der Waals surface area contributed by atoms with Crippen molar-refractivity contribution in [3.63, 3.8) is 0 Å². The molecule has 0 radical (unpaired) electrons. The second-order valence-corrected chi connectivity index (χ2v) is 7.59. The van der Waals surface area contributed by atoms with Crippen molar-refractivity contribution in [2.45, 2.75) is 31.6 Å². The third-order valence-electron chi connectivity index (χ3n) is 3.73. The van der Waals surface area contributed by atoms with Crippen LogP contribution in [0.5, 0.6) is 11.5 Å². The number of hydrogen-bond donors (Lipinski definition) is 2. The standard InChI is InChI=1S/C17H27N3O2S.HI/c1-17(2,23-4)12-20-16(18-3)19-11-13-6-7-14-15(10-13)22-9-5-8-21-14;/h6-7,10H,5,8-9,11-12H2,1-4H3,(H2,18,19,20);1H. The topological polar surface area (TPSA) is 54.9 Å². The summed E-state index contributed by atoms with van der Waals surface area (Å²) in [4.78, 5) is 4.27. The van der Waals surface area contributed by atoms with Crippen LogP contribution in [-0.4, -0.2) is 43.8 Å². The number of halogens is 1. The van der Waals surface area contributed by atoms with Gasteiger partial charge in [0.2, 0.25) is 0 Å². The molecule has 136 valence electrons. The van der Waals surface area contributed by atoms with Crippen LogP contribution in [0.3, 0.4) is 0 Å². The van der Waals surface area contributed by atoms with E-state index in [9.17, 15) is 0 Å². The van der Waals surface area contributed by atoms with Crippen LogP contribution in [0.15, 0.2) is 23.2 Å². The maximum Gasteiger partial charge on any atom is 0.191 e. The highest BCUT2D eigenvalue weighted by molar-refractivity contribution is 14.0. The zero-order valence-electron chi connectivity index (χ0n) is 14.8. The van der Waals surface area contributed by atoms with Crippen molar-refractivity contribution in [2.75, 3.05) is 33.1 Å². The van der Waals surface area contributed by atoms with Crippen molar-refractivity contribution >= 4 is 41.7 Å². The Morgan fingerprint density at radius 3 is 2.58 bits per heavy atom. The number of guanidine groups is 1. The van der Waals surface area contributed by atoms with Gasteiger partial charge < -0.3 is 20.1 Å². The number of aliphatic imine (C=N–C) groups is 1. The number of rotatable bonds is 5. The third kappa shape index (κ3) is 6.58. The summed E-state index contributed by atoms with van der Waals surface area (Å²) in [7, 11) is 1.79. The summed E-state index contributed by atoms with van der Waals surface area (Å²) in [6, 6.07) is 6.07. The van der Waals surface area contributed by atoms with Crippen molar-refractivity contribution in [1.82, 2.24) is 10.6 Å². The Hall–Kier alpha value is -0.830. The number of thioether (sulfide) groups is 1. The van der Waals surface area contributed by atoms with Gasteiger partial charge in [0, 0.05) is 31.3 Å². The number of benzene rings is 1. The average molecular weight is 465 g/mol. The van der Waals surface area contributed by atoms with Gasteiger partial charge in [0.05, 0.1) is 13.2 Å². The Bertz CT molecular complexity index is 553. The fourth-order valence-corrected chi connectivity index (χ4v) is 2.31. The quantitative estimate of drug-likeness (QED) is 0.397. The molecule has 1 heterocycles. The van der Waals surface area contributed by atoms with Crippen LogP contribution < -0.4 is 20.1 Å². The second-order valence-electron chi connectivity index (χ2n) is 6.07. The van der Waals surface area contributed by atoms with E-state index in [2.05, 4.69) is 41.8 Å². The lowest BCUT2D eigenvalue weighted by Crippen LogP contribution is -2.42. The Morgan fingerprint density at radius 2 is 1.92 bits per heavy atom. The fraction of sp³-hybridized carbons (Fsp3) is 0.588. The molecule has 24 heavy (non-hydrogen) atoms. The van der Waals surface area contributed by atoms with Crippen LogP contribution >= 0.6 is 35.7 Å². The molecular weight excluding hydrogens is 437 g/mol. The molecule has 1 aliphatic heterocycles. The number of ether oxygens (including phenoxy) is 2. The first-order valence-corrected chi connectivity index (χ1v) is 9.15. The molecule has 0 spiro atoms. The zero-order valence-corrected chi connectivity index (χ0v) is 18.0. The molecule has 5 nitrogen and oxygen atoms in total. The van der Waals surface area contributed by atoms with Crippen LogP contribution in [0.25, 0.3) is 0 Å². The lowest BCUT2D eigenvalue weighted by atomic mass is 10.2. The summed E-state index contributed by atoms with van der Waals surface area (Å²) < 4.78 is 11.6. The van der Waals surface area contributed by atoms with Crippen molar-refractivity contribution < 1.29 is 9.47 Å². The van der Waals surface area contributed by atoms with Gasteiger partial charge in [-0.2, -0.15) is 11.8 Å². The van der Waals surface area contributed by atoms with Crippen molar-refractivity contribution in [3.8, 4) is 11.5 Å². The maximum absolute atomic E-state index is 5.73. The van der Waals surface area contributed by atoms with Gasteiger partial charge in [0.15, 0.2) is 17.5 Å². The van der Waals surface area contributed by atoms with E-state index in [0.717, 1.165) is 36.0 Å². The van der Waals surface area contributed by atoms with E-state index in [0.29, 0.717) is 19.8 Å². The summed E-state index contributed by atoms with van der Waals surface area (Å²) >= 11 is 1.84. The molecule has 2 N–H and O–H groups in total. The molecule has 0 saturated heterocycles. The summed E-state index contributed by atoms with van der Waals surface area (Å²) in [6.45, 7) is 7.39. The predicted molar refractivity (Wildman–Crippen MR) is 113 cm³/mol. The molecule has 0 aromatic heterocycles. The lowest BCUT2D eigenvalue weighted by Gasteiger charge is -2.23. The van der Waals surface area contributed by atoms with E-state index in [-0.39, 0.29) is 28.7 Å². The molecule has 1 aromatic rings. The predicted octanol–water partition coefficient (Wildman–Crippen LogP) is 3.27. The van der Waals surface area contributed by atoms with Gasteiger partial charge in [-0.05, 0) is 37.8 Å². The molecule has 0 fully saturated rings. The Kier molecular flexibility index (Phi) is 9.04. The maximum atomic E-state index is 5.73. The number of fused-ring (bicyclic) bond motifs is 1. The summed E-state index contributed by atoms with van der Waals surface area (Å²) in [5, 5.41) is 6.70. The van der Waals surface area contributed by atoms with Gasteiger partial charge in [-0.25, -0.2) is 0 Å². The highest BCUT2D eigenvalue weighted by atomic mass is 127. The number of nitrogens with one attached hydrogen (secondary N) is 2. The first-order valence-electron chi connectivity index (χ1n) is 7.92. The summed E-state index contributed by atoms with van der Waals surface area (Å²) in [6.07, 6.45) is 3.04. The van der Waals surface area contributed by atoms with Gasteiger partial charge in [0.25, 0.3) is 0 Å². The Labute approximate surface area is 166 Å². The van der Waals surface area contributed by atoms with Crippen LogP contribution in [0.2, 0.25) is 0 Å². The molecule has 0 saturated carbocycles. The van der Waals surface area contributed by atoms with Gasteiger partial charge in [0.1, 0.15) is 0 Å². The number of hydrogen-bond acceptors (Lipinski definition) is 4. The fourth-order valence-electron chi connectivity index (χ4n) is 2.09. The van der Waals surface area contributed by atoms with E-state index in [1.807, 2.05) is 23.9 Å². The highest BCUT2D eigenvalue weighted by Gasteiger charge is 2.16. The van der Waals surface area contributed by atoms with Crippen molar-refractivity contribution in [2.24, 2.45) is 4.99 Å². The second kappa shape index (κ2) is 10.2. The van der Waals surface area contributed by atoms with Gasteiger partial charge >= 0.3 is 0 Å². The molecule has 0 atom stereocenters. The largest absolute Gasteiger partial charge is 0.490 e. The van der Waals surface area contributed by atoms with Crippen LogP contribution in [0.4, 0.5) is 0 Å². The minimum atomic E-state index is 0. The molecular formula is C17H28IN3O2S. The smallest absolute Gasteiger partial charge is 0.191 e. The molecule has 0 bridgehead atoms. The summed E-state index contributed by atoms with van der Waals surface area (Å²) in [5.74, 6) is 2.46. The van der Waals surface area contributed by atoms with Crippen LogP contribution in [0, 0.1) is 0 Å². The Balaban J connectivity index is 0.00000288. The molecule has 1 aromatic carbocycles. The highest BCUT2D eigenvalue weighted by Crippen LogP contribution is 2.30. The lowest BCUT2D eigenvalue weighted by molar-refractivity contribution is 0.297. The monoisotopic (exact) mass is 465 g/mol. The minimum absolute atomic E-state index is 0. The molecule has 0 unspecified atom stereocenters. The zero-order chi connectivity index (χ0) is 16.7. The van der Waals surface area contributed by atoms with E-state index < -0.39 is 0 Å². The molecule has 2 rings (SSSR count). The summed E-state index contributed by atoms with van der Waals surface area (Å²) in [5.41, 5.74) is 1.14. The van der Waals surface area contributed by atoms with Crippen molar-refractivity contribution in [3.05, 3.63) is 23.8 Å².